The van der Waals surface area contributed by atoms with Crippen molar-refractivity contribution in [1.29, 1.82) is 0 Å². The minimum Gasteiger partial charge on any atom is -0.469 e. The number of fused-ring (bicyclic) bond motifs is 1. The second kappa shape index (κ2) is 5.72. The molecule has 1 unspecified atom stereocenters. The molecule has 1 aliphatic rings. The summed E-state index contributed by atoms with van der Waals surface area (Å²) in [5.74, 6) is 1.60. The summed E-state index contributed by atoms with van der Waals surface area (Å²) in [7, 11) is 0. The zero-order valence-corrected chi connectivity index (χ0v) is 12.5. The van der Waals surface area contributed by atoms with Crippen molar-refractivity contribution in [3.05, 3.63) is 66.3 Å². The van der Waals surface area contributed by atoms with Crippen molar-refractivity contribution < 1.29 is 9.21 Å². The van der Waals surface area contributed by atoms with Gasteiger partial charge in [0.15, 0.2) is 0 Å². The summed E-state index contributed by atoms with van der Waals surface area (Å²) in [6.07, 6.45) is 11.3. The minimum absolute atomic E-state index is 0.0123. The number of nitrogens with zero attached hydrogens (tertiary/aromatic N) is 3. The summed E-state index contributed by atoms with van der Waals surface area (Å²) in [6.45, 7) is 0. The van der Waals surface area contributed by atoms with Crippen molar-refractivity contribution in [3.63, 3.8) is 0 Å². The van der Waals surface area contributed by atoms with Crippen LogP contribution in [0.15, 0.2) is 53.8 Å². The van der Waals surface area contributed by atoms with Crippen LogP contribution in [0.2, 0.25) is 0 Å². The van der Waals surface area contributed by atoms with Gasteiger partial charge in [-0.15, -0.1) is 0 Å². The van der Waals surface area contributed by atoms with E-state index in [1.807, 2.05) is 12.3 Å². The zero-order valence-electron chi connectivity index (χ0n) is 12.5. The Balaban J connectivity index is 1.50. The third-order valence-corrected chi connectivity index (χ3v) is 4.14. The van der Waals surface area contributed by atoms with Gasteiger partial charge in [-0.3, -0.25) is 9.36 Å². The van der Waals surface area contributed by atoms with Gasteiger partial charge >= 0.3 is 0 Å². The van der Waals surface area contributed by atoms with Crippen LogP contribution in [0.1, 0.15) is 40.6 Å². The lowest BCUT2D eigenvalue weighted by atomic mass is 9.93. The first-order valence-electron chi connectivity index (χ1n) is 7.63. The van der Waals surface area contributed by atoms with E-state index in [1.165, 1.54) is 0 Å². The van der Waals surface area contributed by atoms with E-state index in [1.54, 1.807) is 41.7 Å². The molecule has 4 rings (SSSR count). The van der Waals surface area contributed by atoms with E-state index in [9.17, 15) is 4.79 Å². The van der Waals surface area contributed by atoms with E-state index < -0.39 is 0 Å². The number of hydrogen-bond acceptors (Lipinski definition) is 4. The molecule has 1 aliphatic carbocycles. The number of aryl methyl sites for hydroxylation is 1. The fourth-order valence-electron chi connectivity index (χ4n) is 2.95. The van der Waals surface area contributed by atoms with Gasteiger partial charge in [0, 0.05) is 30.6 Å². The quantitative estimate of drug-likeness (QED) is 0.807. The fraction of sp³-hybridized carbons (Fsp3) is 0.235. The second-order valence-electron chi connectivity index (χ2n) is 5.59. The number of aromatic nitrogens is 3. The highest BCUT2D eigenvalue weighted by Crippen LogP contribution is 2.30. The Morgan fingerprint density at radius 2 is 2.30 bits per heavy atom. The molecule has 3 aromatic rings. The van der Waals surface area contributed by atoms with Crippen LogP contribution in [0.25, 0.3) is 5.82 Å². The highest BCUT2D eigenvalue weighted by Gasteiger charge is 2.24. The van der Waals surface area contributed by atoms with Gasteiger partial charge in [0.1, 0.15) is 17.9 Å². The molecule has 6 nitrogen and oxygen atoms in total. The van der Waals surface area contributed by atoms with Gasteiger partial charge in [0.25, 0.3) is 5.91 Å². The van der Waals surface area contributed by atoms with Crippen molar-refractivity contribution in [3.8, 4) is 5.82 Å². The SMILES string of the molecule is O=C(NC1CCCc2occc21)c1ccc(-n2ccnc2)nc1. The van der Waals surface area contributed by atoms with Crippen LogP contribution in [-0.4, -0.2) is 20.4 Å². The Bertz CT molecular complexity index is 806. The maximum atomic E-state index is 12.4. The minimum atomic E-state index is -0.117. The summed E-state index contributed by atoms with van der Waals surface area (Å²) in [5.41, 5.74) is 1.64. The largest absolute Gasteiger partial charge is 0.469 e. The van der Waals surface area contributed by atoms with Gasteiger partial charge in [0.05, 0.1) is 17.9 Å². The average molecular weight is 308 g/mol. The predicted molar refractivity (Wildman–Crippen MR) is 83.2 cm³/mol. The molecule has 0 spiro atoms. The lowest BCUT2D eigenvalue weighted by Crippen LogP contribution is -2.30. The van der Waals surface area contributed by atoms with Crippen molar-refractivity contribution in [2.75, 3.05) is 0 Å². The zero-order chi connectivity index (χ0) is 15.6. The number of amides is 1. The van der Waals surface area contributed by atoms with Crippen LogP contribution in [0, 0.1) is 0 Å². The van der Waals surface area contributed by atoms with Crippen molar-refractivity contribution >= 4 is 5.91 Å². The average Bonchev–Trinajstić information content (AvgIpc) is 3.27. The number of hydrogen-bond donors (Lipinski definition) is 1. The molecule has 1 amide bonds. The summed E-state index contributed by atoms with van der Waals surface area (Å²) >= 11 is 0. The normalized spacial score (nSPS) is 16.8. The standard InChI is InChI=1S/C17H16N4O2/c22-17(20-14-2-1-3-15-13(14)6-9-23-15)12-4-5-16(19-10-12)21-8-7-18-11-21/h4-11,14H,1-3H2,(H,20,22). The molecule has 1 N–H and O–H groups in total. The Hall–Kier alpha value is -2.89. The van der Waals surface area contributed by atoms with E-state index >= 15 is 0 Å². The molecule has 1 atom stereocenters. The van der Waals surface area contributed by atoms with Crippen LogP contribution in [-0.2, 0) is 6.42 Å². The topological polar surface area (TPSA) is 73.0 Å². The predicted octanol–water partition coefficient (Wildman–Crippen LogP) is 2.67. The lowest BCUT2D eigenvalue weighted by molar-refractivity contribution is 0.0932. The number of rotatable bonds is 3. The van der Waals surface area contributed by atoms with Gasteiger partial charge in [0.2, 0.25) is 0 Å². The van der Waals surface area contributed by atoms with Crippen LogP contribution in [0.4, 0.5) is 0 Å². The van der Waals surface area contributed by atoms with Crippen molar-refractivity contribution in [1.82, 2.24) is 19.9 Å². The van der Waals surface area contributed by atoms with Crippen LogP contribution < -0.4 is 5.32 Å². The molecule has 0 radical (unpaired) electrons. The number of imidazole rings is 1. The summed E-state index contributed by atoms with van der Waals surface area (Å²) in [4.78, 5) is 20.7. The Kier molecular flexibility index (Phi) is 3.42. The third-order valence-electron chi connectivity index (χ3n) is 4.14. The van der Waals surface area contributed by atoms with Gasteiger partial charge in [-0.25, -0.2) is 9.97 Å². The molecule has 0 aromatic carbocycles. The molecular weight excluding hydrogens is 292 g/mol. The molecule has 23 heavy (non-hydrogen) atoms. The summed E-state index contributed by atoms with van der Waals surface area (Å²) < 4.78 is 7.25. The molecule has 6 heteroatoms. The Morgan fingerprint density at radius 3 is 3.09 bits per heavy atom. The Labute approximate surface area is 133 Å². The third kappa shape index (κ3) is 2.63. The van der Waals surface area contributed by atoms with E-state index in [2.05, 4.69) is 15.3 Å². The van der Waals surface area contributed by atoms with Gasteiger partial charge in [-0.05, 0) is 31.0 Å². The number of furan rings is 1. The number of nitrogens with one attached hydrogen (secondary N) is 1. The second-order valence-corrected chi connectivity index (χ2v) is 5.59. The molecule has 0 saturated heterocycles. The van der Waals surface area contributed by atoms with E-state index in [0.29, 0.717) is 5.56 Å². The maximum absolute atomic E-state index is 12.4. The highest BCUT2D eigenvalue weighted by molar-refractivity contribution is 5.94. The molecule has 0 aliphatic heterocycles. The van der Waals surface area contributed by atoms with E-state index in [-0.39, 0.29) is 11.9 Å². The molecule has 3 heterocycles. The first kappa shape index (κ1) is 13.8. The number of pyridine rings is 1. The van der Waals surface area contributed by atoms with E-state index in [4.69, 9.17) is 4.42 Å². The molecule has 0 saturated carbocycles. The van der Waals surface area contributed by atoms with Gasteiger partial charge in [-0.2, -0.15) is 0 Å². The van der Waals surface area contributed by atoms with Crippen LogP contribution in [0.3, 0.4) is 0 Å². The summed E-state index contributed by atoms with van der Waals surface area (Å²) in [6, 6.07) is 5.54. The molecule has 0 fully saturated rings. The van der Waals surface area contributed by atoms with Gasteiger partial charge in [-0.1, -0.05) is 0 Å². The van der Waals surface area contributed by atoms with Crippen LogP contribution >= 0.6 is 0 Å². The lowest BCUT2D eigenvalue weighted by Gasteiger charge is -2.22. The first-order valence-corrected chi connectivity index (χ1v) is 7.63. The molecular formula is C17H16N4O2. The smallest absolute Gasteiger partial charge is 0.253 e. The highest BCUT2D eigenvalue weighted by atomic mass is 16.3. The molecule has 3 aromatic heterocycles. The monoisotopic (exact) mass is 308 g/mol. The Morgan fingerprint density at radius 1 is 1.35 bits per heavy atom. The van der Waals surface area contributed by atoms with Gasteiger partial charge < -0.3 is 9.73 Å². The summed E-state index contributed by atoms with van der Waals surface area (Å²) in [5, 5.41) is 3.07. The molecule has 116 valence electrons. The first-order chi connectivity index (χ1) is 11.3. The molecule has 0 bridgehead atoms. The maximum Gasteiger partial charge on any atom is 0.253 e. The van der Waals surface area contributed by atoms with Crippen LogP contribution in [0.5, 0.6) is 0 Å². The van der Waals surface area contributed by atoms with Crippen molar-refractivity contribution in [2.45, 2.75) is 25.3 Å². The number of carbonyl (C=O) groups excluding carboxylic acids is 1. The number of carbonyl (C=O) groups is 1. The van der Waals surface area contributed by atoms with E-state index in [0.717, 1.165) is 36.4 Å². The fourth-order valence-corrected chi connectivity index (χ4v) is 2.95. The van der Waals surface area contributed by atoms with Crippen molar-refractivity contribution in [2.24, 2.45) is 0 Å².